The van der Waals surface area contributed by atoms with Crippen molar-refractivity contribution in [2.24, 2.45) is 0 Å². The van der Waals surface area contributed by atoms with Crippen LogP contribution in [-0.2, 0) is 6.42 Å². The molecule has 0 saturated heterocycles. The van der Waals surface area contributed by atoms with Crippen molar-refractivity contribution >= 4 is 0 Å². The average molecular weight is 430 g/mol. The molecular weight excluding hydrogens is 390 g/mol. The van der Waals surface area contributed by atoms with Gasteiger partial charge in [-0.3, -0.25) is 9.97 Å². The van der Waals surface area contributed by atoms with E-state index in [1.54, 1.807) is 0 Å². The molecule has 3 aromatic rings. The van der Waals surface area contributed by atoms with Crippen LogP contribution in [0.2, 0.25) is 0 Å². The van der Waals surface area contributed by atoms with Gasteiger partial charge in [0, 0.05) is 12.4 Å². The highest BCUT2D eigenvalue weighted by Gasteiger charge is 2.09. The number of aromatic nitrogens is 3. The molecule has 0 N–H and O–H groups in total. The molecule has 0 atom stereocenters. The Bertz CT molecular complexity index is 820. The molecule has 0 radical (unpaired) electrons. The van der Waals surface area contributed by atoms with Gasteiger partial charge < -0.3 is 0 Å². The fraction of sp³-hybridized carbons (Fsp3) is 0.483. The van der Waals surface area contributed by atoms with Crippen LogP contribution >= 0.6 is 0 Å². The quantitative estimate of drug-likeness (QED) is 0.227. The molecule has 32 heavy (non-hydrogen) atoms. The summed E-state index contributed by atoms with van der Waals surface area (Å²) in [5.41, 5.74) is 5.03. The first kappa shape index (κ1) is 24.1. The fourth-order valence-corrected chi connectivity index (χ4v) is 4.19. The maximum absolute atomic E-state index is 4.86. The minimum Gasteiger partial charge on any atom is -0.255 e. The Kier molecular flexibility index (Phi) is 10.9. The lowest BCUT2D eigenvalue weighted by Gasteiger charge is -2.09. The van der Waals surface area contributed by atoms with Crippen molar-refractivity contribution in [1.29, 1.82) is 0 Å². The summed E-state index contributed by atoms with van der Waals surface area (Å²) in [4.78, 5) is 13.9. The van der Waals surface area contributed by atoms with E-state index in [1.165, 1.54) is 82.6 Å². The topological polar surface area (TPSA) is 38.7 Å². The molecule has 0 aromatic carbocycles. The Hall–Kier alpha value is -2.55. The second-order valence-electron chi connectivity index (χ2n) is 8.81. The first-order chi connectivity index (χ1) is 15.9. The molecule has 3 heteroatoms. The molecule has 3 nitrogen and oxygen atoms in total. The molecular formula is C29H39N3. The number of unbranched alkanes of at least 4 members (excludes halogenated alkanes) is 11. The van der Waals surface area contributed by atoms with Crippen LogP contribution in [0.25, 0.3) is 22.8 Å². The van der Waals surface area contributed by atoms with Gasteiger partial charge in [0.05, 0.1) is 22.8 Å². The normalized spacial score (nSPS) is 11.0. The fourth-order valence-electron chi connectivity index (χ4n) is 4.19. The van der Waals surface area contributed by atoms with E-state index in [0.717, 1.165) is 29.2 Å². The van der Waals surface area contributed by atoms with E-state index < -0.39 is 0 Å². The van der Waals surface area contributed by atoms with E-state index in [9.17, 15) is 0 Å². The number of rotatable bonds is 15. The van der Waals surface area contributed by atoms with Gasteiger partial charge in [-0.1, -0.05) is 89.7 Å². The monoisotopic (exact) mass is 429 g/mol. The Labute approximate surface area is 194 Å². The maximum Gasteiger partial charge on any atom is 0.0897 e. The molecule has 3 aromatic heterocycles. The standard InChI is InChI=1S/C29H39N3/c1-2-3-4-5-6-7-8-9-10-11-12-13-18-25-23-28(26-19-14-16-21-30-26)32-29(24-25)27-20-15-17-22-31-27/h14-17,19-24H,2-13,18H2,1H3. The van der Waals surface area contributed by atoms with Crippen LogP contribution in [-0.4, -0.2) is 15.0 Å². The molecule has 0 unspecified atom stereocenters. The molecule has 170 valence electrons. The lowest BCUT2D eigenvalue weighted by atomic mass is 10.0. The van der Waals surface area contributed by atoms with Gasteiger partial charge in [-0.15, -0.1) is 0 Å². The third kappa shape index (κ3) is 8.53. The minimum atomic E-state index is 0.918. The molecule has 0 aliphatic carbocycles. The largest absolute Gasteiger partial charge is 0.255 e. The summed E-state index contributed by atoms with van der Waals surface area (Å²) in [5, 5.41) is 0. The Morgan fingerprint density at radius 3 is 1.44 bits per heavy atom. The van der Waals surface area contributed by atoms with Crippen molar-refractivity contribution in [3.8, 4) is 22.8 Å². The zero-order chi connectivity index (χ0) is 22.3. The second-order valence-corrected chi connectivity index (χ2v) is 8.81. The van der Waals surface area contributed by atoms with Crippen molar-refractivity contribution < 1.29 is 0 Å². The number of pyridine rings is 3. The molecule has 0 amide bonds. The summed E-state index contributed by atoms with van der Waals surface area (Å²) in [5.74, 6) is 0. The van der Waals surface area contributed by atoms with Gasteiger partial charge in [-0.25, -0.2) is 4.98 Å². The molecule has 0 bridgehead atoms. The summed E-state index contributed by atoms with van der Waals surface area (Å²) in [6.45, 7) is 2.29. The van der Waals surface area contributed by atoms with E-state index in [2.05, 4.69) is 29.0 Å². The van der Waals surface area contributed by atoms with Crippen molar-refractivity contribution in [2.45, 2.75) is 90.4 Å². The molecule has 0 spiro atoms. The van der Waals surface area contributed by atoms with Crippen LogP contribution in [0.3, 0.4) is 0 Å². The predicted octanol–water partition coefficient (Wildman–Crippen LogP) is 8.45. The van der Waals surface area contributed by atoms with Gasteiger partial charge in [0.1, 0.15) is 0 Å². The summed E-state index contributed by atoms with van der Waals surface area (Å²) < 4.78 is 0. The maximum atomic E-state index is 4.86. The lowest BCUT2D eigenvalue weighted by molar-refractivity contribution is 0.544. The van der Waals surface area contributed by atoms with Crippen LogP contribution < -0.4 is 0 Å². The molecule has 0 saturated carbocycles. The van der Waals surface area contributed by atoms with E-state index >= 15 is 0 Å². The molecule has 0 fully saturated rings. The molecule has 3 heterocycles. The molecule has 0 aliphatic heterocycles. The van der Waals surface area contributed by atoms with Gasteiger partial charge >= 0.3 is 0 Å². The molecule has 3 rings (SSSR count). The van der Waals surface area contributed by atoms with Gasteiger partial charge in [0.2, 0.25) is 0 Å². The van der Waals surface area contributed by atoms with Gasteiger partial charge in [0.15, 0.2) is 0 Å². The number of aryl methyl sites for hydroxylation is 1. The Morgan fingerprint density at radius 2 is 1.00 bits per heavy atom. The van der Waals surface area contributed by atoms with Crippen LogP contribution in [0.4, 0.5) is 0 Å². The highest BCUT2D eigenvalue weighted by Crippen LogP contribution is 2.24. The third-order valence-corrected chi connectivity index (χ3v) is 6.06. The number of nitrogens with zero attached hydrogens (tertiary/aromatic N) is 3. The van der Waals surface area contributed by atoms with Gasteiger partial charge in [-0.2, -0.15) is 0 Å². The molecule has 0 aliphatic rings. The van der Waals surface area contributed by atoms with Crippen molar-refractivity contribution in [1.82, 2.24) is 15.0 Å². The Balaban J connectivity index is 1.45. The predicted molar refractivity (Wildman–Crippen MR) is 135 cm³/mol. The number of hydrogen-bond acceptors (Lipinski definition) is 3. The van der Waals surface area contributed by atoms with Crippen molar-refractivity contribution in [3.05, 3.63) is 66.5 Å². The van der Waals surface area contributed by atoms with E-state index in [-0.39, 0.29) is 0 Å². The van der Waals surface area contributed by atoms with E-state index in [1.807, 2.05) is 48.8 Å². The zero-order valence-corrected chi connectivity index (χ0v) is 19.8. The van der Waals surface area contributed by atoms with Crippen molar-refractivity contribution in [3.63, 3.8) is 0 Å². The summed E-state index contributed by atoms with van der Waals surface area (Å²) in [6.07, 6.45) is 21.3. The smallest absolute Gasteiger partial charge is 0.0897 e. The average Bonchev–Trinajstić information content (AvgIpc) is 2.85. The van der Waals surface area contributed by atoms with Crippen LogP contribution in [0.15, 0.2) is 60.9 Å². The van der Waals surface area contributed by atoms with Crippen molar-refractivity contribution in [2.75, 3.05) is 0 Å². The Morgan fingerprint density at radius 1 is 0.531 bits per heavy atom. The highest BCUT2D eigenvalue weighted by atomic mass is 14.8. The first-order valence-corrected chi connectivity index (χ1v) is 12.7. The zero-order valence-electron chi connectivity index (χ0n) is 19.8. The minimum absolute atomic E-state index is 0.918. The van der Waals surface area contributed by atoms with Crippen LogP contribution in [0.5, 0.6) is 0 Å². The van der Waals surface area contributed by atoms with Crippen LogP contribution in [0.1, 0.15) is 89.5 Å². The number of hydrogen-bond donors (Lipinski definition) is 0. The second kappa shape index (κ2) is 14.5. The van der Waals surface area contributed by atoms with E-state index in [0.29, 0.717) is 0 Å². The van der Waals surface area contributed by atoms with Crippen LogP contribution in [0, 0.1) is 0 Å². The van der Waals surface area contributed by atoms with Gasteiger partial charge in [0.25, 0.3) is 0 Å². The van der Waals surface area contributed by atoms with E-state index in [4.69, 9.17) is 4.98 Å². The summed E-state index contributed by atoms with van der Waals surface area (Å²) >= 11 is 0. The third-order valence-electron chi connectivity index (χ3n) is 6.06. The SMILES string of the molecule is CCCCCCCCCCCCCCc1cc(-c2ccccn2)nc(-c2ccccn2)c1. The first-order valence-electron chi connectivity index (χ1n) is 12.7. The lowest BCUT2D eigenvalue weighted by Crippen LogP contribution is -1.96. The highest BCUT2D eigenvalue weighted by molar-refractivity contribution is 5.63. The summed E-state index contributed by atoms with van der Waals surface area (Å²) in [6, 6.07) is 16.4. The van der Waals surface area contributed by atoms with Gasteiger partial charge in [-0.05, 0) is 54.8 Å². The summed E-state index contributed by atoms with van der Waals surface area (Å²) in [7, 11) is 0.